The van der Waals surface area contributed by atoms with E-state index >= 15 is 0 Å². The molecular formula is C13H25NO2. The van der Waals surface area contributed by atoms with Crippen LogP contribution >= 0.6 is 0 Å². The third-order valence-corrected chi connectivity index (χ3v) is 3.77. The van der Waals surface area contributed by atoms with Crippen molar-refractivity contribution in [1.82, 2.24) is 5.32 Å². The Hall–Kier alpha value is -0.570. The van der Waals surface area contributed by atoms with Crippen LogP contribution in [0.25, 0.3) is 0 Å². The van der Waals surface area contributed by atoms with Crippen molar-refractivity contribution in [1.29, 1.82) is 0 Å². The number of hydrogen-bond acceptors (Lipinski definition) is 2. The van der Waals surface area contributed by atoms with E-state index in [9.17, 15) is 4.79 Å². The minimum atomic E-state index is 0.0281. The number of hydrogen-bond donors (Lipinski definition) is 2. The van der Waals surface area contributed by atoms with Crippen LogP contribution in [0, 0.1) is 23.7 Å². The molecule has 1 fully saturated rings. The third-order valence-electron chi connectivity index (χ3n) is 3.77. The van der Waals surface area contributed by atoms with Crippen LogP contribution in [0.1, 0.15) is 40.0 Å². The molecule has 16 heavy (non-hydrogen) atoms. The molecule has 0 bridgehead atoms. The Morgan fingerprint density at radius 1 is 1.44 bits per heavy atom. The van der Waals surface area contributed by atoms with Crippen molar-refractivity contribution in [3.63, 3.8) is 0 Å². The van der Waals surface area contributed by atoms with Gasteiger partial charge in [-0.1, -0.05) is 27.2 Å². The van der Waals surface area contributed by atoms with Crippen LogP contribution in [0.4, 0.5) is 0 Å². The Labute approximate surface area is 98.6 Å². The summed E-state index contributed by atoms with van der Waals surface area (Å²) in [4.78, 5) is 12.0. The Balaban J connectivity index is 2.59. The molecule has 0 aromatic carbocycles. The Bertz CT molecular complexity index is 228. The quantitative estimate of drug-likeness (QED) is 0.769. The van der Waals surface area contributed by atoms with E-state index in [4.69, 9.17) is 5.11 Å². The molecule has 0 aromatic rings. The topological polar surface area (TPSA) is 49.3 Å². The molecule has 0 saturated heterocycles. The van der Waals surface area contributed by atoms with Gasteiger partial charge in [0.1, 0.15) is 0 Å². The van der Waals surface area contributed by atoms with E-state index in [1.807, 2.05) is 0 Å². The zero-order chi connectivity index (χ0) is 12.1. The van der Waals surface area contributed by atoms with E-state index in [2.05, 4.69) is 26.1 Å². The second-order valence-corrected chi connectivity index (χ2v) is 5.45. The monoisotopic (exact) mass is 227 g/mol. The number of amides is 1. The van der Waals surface area contributed by atoms with Crippen molar-refractivity contribution in [2.75, 3.05) is 13.2 Å². The molecule has 1 aliphatic carbocycles. The van der Waals surface area contributed by atoms with Crippen molar-refractivity contribution in [2.45, 2.75) is 40.0 Å². The highest BCUT2D eigenvalue weighted by Crippen LogP contribution is 2.37. The number of nitrogens with one attached hydrogen (secondary N) is 1. The lowest BCUT2D eigenvalue weighted by Crippen LogP contribution is -2.41. The van der Waals surface area contributed by atoms with Gasteiger partial charge >= 0.3 is 0 Å². The predicted molar refractivity (Wildman–Crippen MR) is 64.9 cm³/mol. The summed E-state index contributed by atoms with van der Waals surface area (Å²) < 4.78 is 0. The van der Waals surface area contributed by atoms with Crippen LogP contribution in [0.3, 0.4) is 0 Å². The molecule has 0 aromatic heterocycles. The first kappa shape index (κ1) is 13.5. The summed E-state index contributed by atoms with van der Waals surface area (Å²) in [5.74, 6) is 2.02. The molecule has 0 aliphatic heterocycles. The molecule has 94 valence electrons. The predicted octanol–water partition coefficient (Wildman–Crippen LogP) is 1.80. The number of carbonyl (C=O) groups is 1. The highest BCUT2D eigenvalue weighted by molar-refractivity contribution is 5.79. The lowest BCUT2D eigenvalue weighted by atomic mass is 9.70. The summed E-state index contributed by atoms with van der Waals surface area (Å²) >= 11 is 0. The van der Waals surface area contributed by atoms with Gasteiger partial charge in [-0.25, -0.2) is 0 Å². The maximum absolute atomic E-state index is 12.0. The first-order valence-corrected chi connectivity index (χ1v) is 6.44. The minimum Gasteiger partial charge on any atom is -0.395 e. The summed E-state index contributed by atoms with van der Waals surface area (Å²) in [5.41, 5.74) is 0. The molecule has 1 rings (SSSR count). The van der Waals surface area contributed by atoms with Gasteiger partial charge < -0.3 is 10.4 Å². The largest absolute Gasteiger partial charge is 0.395 e. The second-order valence-electron chi connectivity index (χ2n) is 5.45. The normalized spacial score (nSPS) is 30.4. The maximum atomic E-state index is 12.0. The van der Waals surface area contributed by atoms with Gasteiger partial charge in [0.15, 0.2) is 0 Å². The zero-order valence-electron chi connectivity index (χ0n) is 10.7. The Morgan fingerprint density at radius 3 is 2.69 bits per heavy atom. The average molecular weight is 227 g/mol. The van der Waals surface area contributed by atoms with E-state index in [0.29, 0.717) is 24.3 Å². The summed E-state index contributed by atoms with van der Waals surface area (Å²) in [6.45, 7) is 7.04. The molecule has 3 atom stereocenters. The van der Waals surface area contributed by atoms with E-state index in [1.165, 1.54) is 6.42 Å². The number of aliphatic hydroxyl groups is 1. The van der Waals surface area contributed by atoms with Crippen LogP contribution in [0.2, 0.25) is 0 Å². The van der Waals surface area contributed by atoms with Gasteiger partial charge in [-0.05, 0) is 30.6 Å². The van der Waals surface area contributed by atoms with Gasteiger partial charge in [-0.3, -0.25) is 4.79 Å². The first-order valence-electron chi connectivity index (χ1n) is 6.44. The standard InChI is InChI=1S/C13H25NO2/c1-9(2)11-5-4-10(3)8-12(11)13(16)14-6-7-15/h9-12,15H,4-8H2,1-3H3,(H,14,16). The molecule has 1 saturated carbocycles. The van der Waals surface area contributed by atoms with Crippen molar-refractivity contribution in [2.24, 2.45) is 23.7 Å². The van der Waals surface area contributed by atoms with Crippen LogP contribution in [0.5, 0.6) is 0 Å². The van der Waals surface area contributed by atoms with E-state index in [1.54, 1.807) is 0 Å². The Morgan fingerprint density at radius 2 is 2.12 bits per heavy atom. The van der Waals surface area contributed by atoms with Crippen molar-refractivity contribution in [3.05, 3.63) is 0 Å². The fourth-order valence-electron chi connectivity index (χ4n) is 2.81. The highest BCUT2D eigenvalue weighted by atomic mass is 16.3. The van der Waals surface area contributed by atoms with Crippen molar-refractivity contribution >= 4 is 5.91 Å². The lowest BCUT2D eigenvalue weighted by molar-refractivity contribution is -0.129. The number of rotatable bonds is 4. The highest BCUT2D eigenvalue weighted by Gasteiger charge is 2.34. The van der Waals surface area contributed by atoms with Gasteiger partial charge in [-0.15, -0.1) is 0 Å². The molecule has 0 radical (unpaired) electrons. The molecule has 3 nitrogen and oxygen atoms in total. The lowest BCUT2D eigenvalue weighted by Gasteiger charge is -2.36. The summed E-state index contributed by atoms with van der Waals surface area (Å²) in [6.07, 6.45) is 3.41. The van der Waals surface area contributed by atoms with Gasteiger partial charge in [0, 0.05) is 12.5 Å². The number of carbonyl (C=O) groups excluding carboxylic acids is 1. The van der Waals surface area contributed by atoms with Crippen LogP contribution in [0.15, 0.2) is 0 Å². The maximum Gasteiger partial charge on any atom is 0.223 e. The molecule has 0 spiro atoms. The molecule has 3 unspecified atom stereocenters. The molecule has 0 heterocycles. The average Bonchev–Trinajstić information content (AvgIpc) is 2.25. The molecule has 1 aliphatic rings. The van der Waals surface area contributed by atoms with Crippen LogP contribution < -0.4 is 5.32 Å². The molecular weight excluding hydrogens is 202 g/mol. The van der Waals surface area contributed by atoms with Crippen molar-refractivity contribution in [3.8, 4) is 0 Å². The van der Waals surface area contributed by atoms with E-state index in [0.717, 1.165) is 12.8 Å². The smallest absolute Gasteiger partial charge is 0.223 e. The number of aliphatic hydroxyl groups excluding tert-OH is 1. The zero-order valence-corrected chi connectivity index (χ0v) is 10.7. The molecule has 1 amide bonds. The van der Waals surface area contributed by atoms with Gasteiger partial charge in [-0.2, -0.15) is 0 Å². The van der Waals surface area contributed by atoms with Gasteiger partial charge in [0.05, 0.1) is 6.61 Å². The van der Waals surface area contributed by atoms with Gasteiger partial charge in [0.2, 0.25) is 5.91 Å². The third kappa shape index (κ3) is 3.48. The minimum absolute atomic E-state index is 0.0281. The van der Waals surface area contributed by atoms with Crippen LogP contribution in [-0.2, 0) is 4.79 Å². The summed E-state index contributed by atoms with van der Waals surface area (Å²) in [6, 6.07) is 0. The molecule has 3 heteroatoms. The van der Waals surface area contributed by atoms with Gasteiger partial charge in [0.25, 0.3) is 0 Å². The molecule has 2 N–H and O–H groups in total. The fourth-order valence-corrected chi connectivity index (χ4v) is 2.81. The van der Waals surface area contributed by atoms with E-state index in [-0.39, 0.29) is 18.4 Å². The Kier molecular flexibility index (Phi) is 5.26. The van der Waals surface area contributed by atoms with Crippen LogP contribution in [-0.4, -0.2) is 24.2 Å². The summed E-state index contributed by atoms with van der Waals surface area (Å²) in [5, 5.41) is 11.5. The SMILES string of the molecule is CC1CCC(C(C)C)C(C(=O)NCCO)C1. The second kappa shape index (κ2) is 6.24. The first-order chi connectivity index (χ1) is 7.56. The fraction of sp³-hybridized carbons (Fsp3) is 0.923. The van der Waals surface area contributed by atoms with E-state index < -0.39 is 0 Å². The van der Waals surface area contributed by atoms with Crippen molar-refractivity contribution < 1.29 is 9.90 Å². The summed E-state index contributed by atoms with van der Waals surface area (Å²) in [7, 11) is 0.